The molecule has 0 saturated carbocycles. The third kappa shape index (κ3) is 0.941. The summed E-state index contributed by atoms with van der Waals surface area (Å²) in [5, 5.41) is 3.06. The molecule has 0 spiro atoms. The van der Waals surface area contributed by atoms with Crippen molar-refractivity contribution in [1.82, 2.24) is 4.98 Å². The molecule has 0 unspecified atom stereocenters. The Morgan fingerprint density at radius 2 is 2.36 bits per heavy atom. The first-order chi connectivity index (χ1) is 5.38. The Hall–Kier alpha value is -1.51. The number of hydrogen-bond acceptors (Lipinski definition) is 2. The van der Waals surface area contributed by atoms with Gasteiger partial charge in [0.2, 0.25) is 0 Å². The highest BCUT2D eigenvalue weighted by atomic mass is 16.1. The quantitative estimate of drug-likeness (QED) is 0.572. The molecule has 56 valence electrons. The number of anilines is 1. The van der Waals surface area contributed by atoms with E-state index in [1.165, 1.54) is 6.07 Å². The molecule has 1 aromatic heterocycles. The lowest BCUT2D eigenvalue weighted by Crippen LogP contribution is -2.14. The molecule has 3 nitrogen and oxygen atoms in total. The van der Waals surface area contributed by atoms with Crippen LogP contribution in [0.3, 0.4) is 0 Å². The van der Waals surface area contributed by atoms with Crippen molar-refractivity contribution in [2.24, 2.45) is 0 Å². The van der Waals surface area contributed by atoms with E-state index in [4.69, 9.17) is 0 Å². The van der Waals surface area contributed by atoms with E-state index in [1.54, 1.807) is 6.20 Å². The van der Waals surface area contributed by atoms with Crippen LogP contribution in [0.2, 0.25) is 0 Å². The highest BCUT2D eigenvalue weighted by Crippen LogP contribution is 2.11. The van der Waals surface area contributed by atoms with Crippen molar-refractivity contribution in [3.63, 3.8) is 0 Å². The van der Waals surface area contributed by atoms with Crippen LogP contribution in [0.5, 0.6) is 0 Å². The Morgan fingerprint density at radius 3 is 3.18 bits per heavy atom. The smallest absolute Gasteiger partial charge is 0.190 e. The number of aromatic nitrogens is 1. The maximum Gasteiger partial charge on any atom is 0.190 e. The lowest BCUT2D eigenvalue weighted by molar-refractivity contribution is 1.19. The monoisotopic (exact) mass is 148 g/mol. The summed E-state index contributed by atoms with van der Waals surface area (Å²) < 4.78 is 0. The summed E-state index contributed by atoms with van der Waals surface area (Å²) in [6.45, 7) is 0.785. The van der Waals surface area contributed by atoms with Gasteiger partial charge in [0, 0.05) is 18.8 Å². The van der Waals surface area contributed by atoms with Crippen molar-refractivity contribution in [1.29, 1.82) is 0 Å². The van der Waals surface area contributed by atoms with Gasteiger partial charge in [-0.05, 0) is 6.08 Å². The average Bonchev–Trinajstić information content (AvgIpc) is 2.06. The lowest BCUT2D eigenvalue weighted by Gasteiger charge is -2.10. The maximum atomic E-state index is 11.2. The molecule has 0 fully saturated rings. The van der Waals surface area contributed by atoms with E-state index >= 15 is 0 Å². The molecular formula is C8H8N2O. The summed E-state index contributed by atoms with van der Waals surface area (Å²) in [4.78, 5) is 14.1. The van der Waals surface area contributed by atoms with Gasteiger partial charge < -0.3 is 10.3 Å². The van der Waals surface area contributed by atoms with Crippen molar-refractivity contribution >= 4 is 11.9 Å². The Kier molecular flexibility index (Phi) is 1.28. The first kappa shape index (κ1) is 6.22. The van der Waals surface area contributed by atoms with Crippen molar-refractivity contribution in [2.45, 2.75) is 0 Å². The summed E-state index contributed by atoms with van der Waals surface area (Å²) >= 11 is 0. The second-order valence-electron chi connectivity index (χ2n) is 2.41. The average molecular weight is 148 g/mol. The molecule has 0 radical (unpaired) electrons. The minimum atomic E-state index is 0.0576. The van der Waals surface area contributed by atoms with Gasteiger partial charge in [-0.15, -0.1) is 0 Å². The molecule has 0 saturated heterocycles. The van der Waals surface area contributed by atoms with E-state index < -0.39 is 0 Å². The number of H-pyrrole nitrogens is 1. The first-order valence-electron chi connectivity index (χ1n) is 3.50. The Labute approximate surface area is 63.8 Å². The fraction of sp³-hybridized carbons (Fsp3) is 0.125. The molecule has 0 amide bonds. The number of rotatable bonds is 0. The molecular weight excluding hydrogens is 140 g/mol. The first-order valence-corrected chi connectivity index (χ1v) is 3.50. The molecule has 2 heterocycles. The van der Waals surface area contributed by atoms with Gasteiger partial charge in [0.1, 0.15) is 5.82 Å². The summed E-state index contributed by atoms with van der Waals surface area (Å²) in [6, 6.07) is 1.52. The second kappa shape index (κ2) is 2.27. The maximum absolute atomic E-state index is 11.2. The molecule has 1 aliphatic heterocycles. The van der Waals surface area contributed by atoms with Crippen LogP contribution in [0.25, 0.3) is 6.08 Å². The predicted molar refractivity (Wildman–Crippen MR) is 44.6 cm³/mol. The Morgan fingerprint density at radius 1 is 1.45 bits per heavy atom. The molecule has 3 heteroatoms. The van der Waals surface area contributed by atoms with E-state index in [0.717, 1.165) is 17.9 Å². The molecule has 2 rings (SSSR count). The van der Waals surface area contributed by atoms with Crippen LogP contribution >= 0.6 is 0 Å². The minimum Gasteiger partial charge on any atom is -0.368 e. The van der Waals surface area contributed by atoms with Gasteiger partial charge in [-0.3, -0.25) is 4.79 Å². The van der Waals surface area contributed by atoms with Gasteiger partial charge in [-0.1, -0.05) is 6.08 Å². The van der Waals surface area contributed by atoms with Gasteiger partial charge >= 0.3 is 0 Å². The van der Waals surface area contributed by atoms with Gasteiger partial charge in [0.25, 0.3) is 0 Å². The predicted octanol–water partition coefficient (Wildman–Crippen LogP) is 0.814. The lowest BCUT2D eigenvalue weighted by atomic mass is 10.2. The van der Waals surface area contributed by atoms with Crippen LogP contribution in [0.15, 0.2) is 23.1 Å². The van der Waals surface area contributed by atoms with Gasteiger partial charge in [0.15, 0.2) is 5.43 Å². The van der Waals surface area contributed by atoms with Crippen molar-refractivity contribution in [2.75, 3.05) is 11.9 Å². The number of hydrogen-bond donors (Lipinski definition) is 2. The van der Waals surface area contributed by atoms with Crippen LogP contribution in [-0.4, -0.2) is 11.5 Å². The number of aromatic amines is 1. The SMILES string of the molecule is O=c1cc[nH]c2c1C=CCN2. The van der Waals surface area contributed by atoms with Crippen LogP contribution < -0.4 is 10.7 Å². The minimum absolute atomic E-state index is 0.0576. The normalized spacial score (nSPS) is 13.8. The third-order valence-corrected chi connectivity index (χ3v) is 1.68. The van der Waals surface area contributed by atoms with E-state index in [2.05, 4.69) is 10.3 Å². The van der Waals surface area contributed by atoms with E-state index in [0.29, 0.717) is 0 Å². The highest BCUT2D eigenvalue weighted by Gasteiger charge is 2.04. The molecule has 0 aromatic carbocycles. The molecule has 11 heavy (non-hydrogen) atoms. The Bertz CT molecular complexity index is 351. The zero-order valence-electron chi connectivity index (χ0n) is 5.92. The zero-order valence-corrected chi connectivity index (χ0v) is 5.92. The van der Waals surface area contributed by atoms with Crippen LogP contribution in [-0.2, 0) is 0 Å². The molecule has 2 N–H and O–H groups in total. The molecule has 0 aliphatic carbocycles. The standard InChI is InChI=1S/C8H8N2O/c11-7-3-5-10-8-6(7)2-1-4-9-8/h1-3,5H,4H2,(H2,9,10,11). The van der Waals surface area contributed by atoms with Gasteiger partial charge in [-0.25, -0.2) is 0 Å². The van der Waals surface area contributed by atoms with E-state index in [1.807, 2.05) is 12.2 Å². The topological polar surface area (TPSA) is 44.9 Å². The molecule has 1 aliphatic rings. The van der Waals surface area contributed by atoms with Crippen molar-refractivity contribution in [3.8, 4) is 0 Å². The van der Waals surface area contributed by atoms with Crippen molar-refractivity contribution in [3.05, 3.63) is 34.1 Å². The van der Waals surface area contributed by atoms with E-state index in [-0.39, 0.29) is 5.43 Å². The van der Waals surface area contributed by atoms with Gasteiger partial charge in [0.05, 0.1) is 5.56 Å². The van der Waals surface area contributed by atoms with Crippen LogP contribution in [0, 0.1) is 0 Å². The third-order valence-electron chi connectivity index (χ3n) is 1.68. The highest BCUT2D eigenvalue weighted by molar-refractivity contribution is 5.65. The summed E-state index contributed by atoms with van der Waals surface area (Å²) in [6.07, 6.45) is 5.41. The second-order valence-corrected chi connectivity index (χ2v) is 2.41. The van der Waals surface area contributed by atoms with E-state index in [9.17, 15) is 4.79 Å². The van der Waals surface area contributed by atoms with Gasteiger partial charge in [-0.2, -0.15) is 0 Å². The zero-order chi connectivity index (χ0) is 7.68. The Balaban J connectivity index is 2.70. The fourth-order valence-corrected chi connectivity index (χ4v) is 1.14. The summed E-state index contributed by atoms with van der Waals surface area (Å²) in [5.41, 5.74) is 0.779. The molecule has 1 aromatic rings. The number of fused-ring (bicyclic) bond motifs is 1. The molecule has 0 bridgehead atoms. The van der Waals surface area contributed by atoms with Crippen LogP contribution in [0.4, 0.5) is 5.82 Å². The summed E-state index contributed by atoms with van der Waals surface area (Å²) in [5.74, 6) is 0.819. The largest absolute Gasteiger partial charge is 0.368 e. The number of pyridine rings is 1. The van der Waals surface area contributed by atoms with Crippen molar-refractivity contribution < 1.29 is 0 Å². The summed E-state index contributed by atoms with van der Waals surface area (Å²) in [7, 11) is 0. The fourth-order valence-electron chi connectivity index (χ4n) is 1.14. The van der Waals surface area contributed by atoms with Crippen LogP contribution in [0.1, 0.15) is 5.56 Å². The number of nitrogens with one attached hydrogen (secondary N) is 2. The molecule has 0 atom stereocenters.